The van der Waals surface area contributed by atoms with Crippen molar-refractivity contribution in [3.05, 3.63) is 28.8 Å². The predicted octanol–water partition coefficient (Wildman–Crippen LogP) is 3.30. The smallest absolute Gasteiger partial charge is 0.138 e. The summed E-state index contributed by atoms with van der Waals surface area (Å²) < 4.78 is 5.86. The third kappa shape index (κ3) is 2.79. The molecule has 1 aromatic rings. The van der Waals surface area contributed by atoms with Gasteiger partial charge in [0, 0.05) is 11.5 Å². The van der Waals surface area contributed by atoms with Crippen LogP contribution in [-0.2, 0) is 0 Å². The quantitative estimate of drug-likeness (QED) is 0.920. The van der Waals surface area contributed by atoms with Crippen LogP contribution in [-0.4, -0.2) is 30.7 Å². The third-order valence-corrected chi connectivity index (χ3v) is 5.18. The first-order valence-electron chi connectivity index (χ1n) is 6.57. The molecule has 0 spiro atoms. The van der Waals surface area contributed by atoms with Gasteiger partial charge in [-0.3, -0.25) is 0 Å². The normalized spacial score (nSPS) is 21.6. The number of hydrogen-bond donors (Lipinski definition) is 1. The molecule has 2 aliphatic heterocycles. The maximum absolute atomic E-state index is 6.33. The van der Waals surface area contributed by atoms with Crippen molar-refractivity contribution in [3.63, 3.8) is 0 Å². The lowest BCUT2D eigenvalue weighted by molar-refractivity contribution is 0.240. The highest BCUT2D eigenvalue weighted by molar-refractivity contribution is 8.00. The summed E-state index contributed by atoms with van der Waals surface area (Å²) in [5.74, 6) is 3.68. The van der Waals surface area contributed by atoms with Crippen LogP contribution in [0.5, 0.6) is 5.75 Å². The molecule has 3 rings (SSSR count). The van der Waals surface area contributed by atoms with Gasteiger partial charge in [-0.15, -0.1) is 0 Å². The lowest BCUT2D eigenvalue weighted by Gasteiger charge is -2.27. The third-order valence-electron chi connectivity index (χ3n) is 3.67. The number of nitrogens with one attached hydrogen (secondary N) is 1. The van der Waals surface area contributed by atoms with E-state index >= 15 is 0 Å². The minimum atomic E-state index is 0.359. The first kappa shape index (κ1) is 12.6. The molecule has 0 saturated carbocycles. The molecule has 2 aliphatic rings. The van der Waals surface area contributed by atoms with Gasteiger partial charge in [0.25, 0.3) is 0 Å². The van der Waals surface area contributed by atoms with Gasteiger partial charge in [-0.25, -0.2) is 0 Å². The van der Waals surface area contributed by atoms with Gasteiger partial charge in [-0.05, 0) is 49.5 Å². The first-order chi connectivity index (χ1) is 8.83. The Morgan fingerprint density at radius 2 is 2.00 bits per heavy atom. The van der Waals surface area contributed by atoms with Crippen LogP contribution >= 0.6 is 23.4 Å². The van der Waals surface area contributed by atoms with E-state index < -0.39 is 0 Å². The monoisotopic (exact) mass is 283 g/mol. The Labute approximate surface area is 117 Å². The fraction of sp³-hybridized carbons (Fsp3) is 0.571. The van der Waals surface area contributed by atoms with E-state index in [1.165, 1.54) is 18.4 Å². The Bertz CT molecular complexity index is 416. The Kier molecular flexibility index (Phi) is 4.02. The number of hydrogen-bond acceptors (Lipinski definition) is 3. The van der Waals surface area contributed by atoms with Crippen molar-refractivity contribution >= 4 is 23.4 Å². The number of thioether (sulfide) groups is 1. The molecule has 2 heterocycles. The highest BCUT2D eigenvalue weighted by atomic mass is 35.5. The summed E-state index contributed by atoms with van der Waals surface area (Å²) in [5.41, 5.74) is 1.36. The molecule has 2 saturated heterocycles. The first-order valence-corrected chi connectivity index (χ1v) is 8.11. The van der Waals surface area contributed by atoms with Gasteiger partial charge in [0.1, 0.15) is 11.9 Å². The zero-order chi connectivity index (χ0) is 12.4. The molecule has 0 bridgehead atoms. The summed E-state index contributed by atoms with van der Waals surface area (Å²) in [4.78, 5) is 0. The highest BCUT2D eigenvalue weighted by Gasteiger charge is 2.22. The van der Waals surface area contributed by atoms with Gasteiger partial charge in [-0.2, -0.15) is 11.8 Å². The molecule has 0 unspecified atom stereocenters. The van der Waals surface area contributed by atoms with E-state index in [0.29, 0.717) is 12.0 Å². The van der Waals surface area contributed by atoms with Gasteiger partial charge in [0.15, 0.2) is 0 Å². The second-order valence-electron chi connectivity index (χ2n) is 4.99. The molecule has 4 heteroatoms. The fourth-order valence-electron chi connectivity index (χ4n) is 2.48. The Morgan fingerprint density at radius 3 is 2.61 bits per heavy atom. The average Bonchev–Trinajstić information content (AvgIpc) is 2.36. The van der Waals surface area contributed by atoms with E-state index in [2.05, 4.69) is 17.4 Å². The maximum Gasteiger partial charge on any atom is 0.138 e. The summed E-state index contributed by atoms with van der Waals surface area (Å²) in [6.45, 7) is 2.22. The number of piperidine rings is 1. The average molecular weight is 284 g/mol. The molecule has 18 heavy (non-hydrogen) atoms. The van der Waals surface area contributed by atoms with Crippen LogP contribution in [0.25, 0.3) is 0 Å². The molecule has 1 aromatic carbocycles. The zero-order valence-corrected chi connectivity index (χ0v) is 11.9. The molecule has 0 amide bonds. The number of rotatable bonds is 3. The molecular weight excluding hydrogens is 266 g/mol. The fourth-order valence-corrected chi connectivity index (χ4v) is 3.28. The van der Waals surface area contributed by atoms with Crippen molar-refractivity contribution in [1.29, 1.82) is 0 Å². The van der Waals surface area contributed by atoms with Crippen LogP contribution in [0.15, 0.2) is 18.2 Å². The predicted molar refractivity (Wildman–Crippen MR) is 78.0 cm³/mol. The Balaban J connectivity index is 1.70. The molecule has 0 aromatic heterocycles. The summed E-state index contributed by atoms with van der Waals surface area (Å²) >= 11 is 8.25. The molecule has 0 atom stereocenters. The van der Waals surface area contributed by atoms with E-state index in [-0.39, 0.29) is 0 Å². The number of ether oxygens (including phenoxy) is 1. The van der Waals surface area contributed by atoms with Crippen LogP contribution in [0.1, 0.15) is 24.3 Å². The SMILES string of the molecule is Clc1cc(C2CCNCC2)ccc1OC1CSC1. The molecule has 2 fully saturated rings. The van der Waals surface area contributed by atoms with Gasteiger partial charge in [0.05, 0.1) is 5.02 Å². The molecule has 0 aliphatic carbocycles. The van der Waals surface area contributed by atoms with Crippen molar-refractivity contribution in [2.24, 2.45) is 0 Å². The van der Waals surface area contributed by atoms with Crippen LogP contribution in [0.3, 0.4) is 0 Å². The van der Waals surface area contributed by atoms with E-state index in [9.17, 15) is 0 Å². The lowest BCUT2D eigenvalue weighted by Crippen LogP contribution is -2.31. The molecule has 98 valence electrons. The summed E-state index contributed by atoms with van der Waals surface area (Å²) in [7, 11) is 0. The van der Waals surface area contributed by atoms with E-state index in [4.69, 9.17) is 16.3 Å². The standard InChI is InChI=1S/C14H18ClNOS/c15-13-7-11(10-3-5-16-6-4-10)1-2-14(13)17-12-8-18-9-12/h1-2,7,10,12,16H,3-6,8-9H2. The van der Waals surface area contributed by atoms with Gasteiger partial charge < -0.3 is 10.1 Å². The Hall–Kier alpha value is -0.380. The Morgan fingerprint density at radius 1 is 1.22 bits per heavy atom. The summed E-state index contributed by atoms with van der Waals surface area (Å²) in [6.07, 6.45) is 2.77. The van der Waals surface area contributed by atoms with Crippen LogP contribution < -0.4 is 10.1 Å². The van der Waals surface area contributed by atoms with Crippen molar-refractivity contribution in [2.45, 2.75) is 24.9 Å². The van der Waals surface area contributed by atoms with Gasteiger partial charge >= 0.3 is 0 Å². The minimum Gasteiger partial charge on any atom is -0.487 e. The van der Waals surface area contributed by atoms with Crippen LogP contribution in [0, 0.1) is 0 Å². The number of benzene rings is 1. The molecule has 1 N–H and O–H groups in total. The van der Waals surface area contributed by atoms with Crippen LogP contribution in [0.2, 0.25) is 5.02 Å². The van der Waals surface area contributed by atoms with Crippen molar-refractivity contribution in [1.82, 2.24) is 5.32 Å². The largest absolute Gasteiger partial charge is 0.487 e. The maximum atomic E-state index is 6.33. The summed E-state index contributed by atoms with van der Waals surface area (Å²) in [6, 6.07) is 6.32. The van der Waals surface area contributed by atoms with Crippen molar-refractivity contribution < 1.29 is 4.74 Å². The number of halogens is 1. The zero-order valence-electron chi connectivity index (χ0n) is 10.3. The molecule has 0 radical (unpaired) electrons. The van der Waals surface area contributed by atoms with Gasteiger partial charge in [-0.1, -0.05) is 17.7 Å². The topological polar surface area (TPSA) is 21.3 Å². The lowest BCUT2D eigenvalue weighted by atomic mass is 9.90. The van der Waals surface area contributed by atoms with Crippen molar-refractivity contribution in [3.8, 4) is 5.75 Å². The highest BCUT2D eigenvalue weighted by Crippen LogP contribution is 2.34. The summed E-state index contributed by atoms with van der Waals surface area (Å²) in [5, 5.41) is 4.16. The second-order valence-corrected chi connectivity index (χ2v) is 6.47. The van der Waals surface area contributed by atoms with E-state index in [1.807, 2.05) is 17.8 Å². The van der Waals surface area contributed by atoms with E-state index in [1.54, 1.807) is 0 Å². The molecular formula is C14H18ClNOS. The van der Waals surface area contributed by atoms with Crippen LogP contribution in [0.4, 0.5) is 0 Å². The molecule has 2 nitrogen and oxygen atoms in total. The van der Waals surface area contributed by atoms with E-state index in [0.717, 1.165) is 35.4 Å². The van der Waals surface area contributed by atoms with Gasteiger partial charge in [0.2, 0.25) is 0 Å². The minimum absolute atomic E-state index is 0.359. The van der Waals surface area contributed by atoms with Crippen molar-refractivity contribution in [2.75, 3.05) is 24.6 Å². The second kappa shape index (κ2) is 5.72.